The SMILES string of the molecule is CC(C)(C)[C@H](NC(=O)C(C)(C)N1CCC1=O)[C@@H](Oc1ccc(Cl)cc1)n1cncn1. The molecular formula is C21H28ClN5O3. The van der Waals surface area contributed by atoms with Crippen molar-refractivity contribution in [1.29, 1.82) is 0 Å². The van der Waals surface area contributed by atoms with E-state index < -0.39 is 23.2 Å². The molecule has 1 saturated heterocycles. The van der Waals surface area contributed by atoms with Gasteiger partial charge in [0.15, 0.2) is 0 Å². The Morgan fingerprint density at radius 3 is 2.33 bits per heavy atom. The lowest BCUT2D eigenvalue weighted by Gasteiger charge is -2.45. The summed E-state index contributed by atoms with van der Waals surface area (Å²) in [5, 5.41) is 7.96. The number of nitrogens with zero attached hydrogens (tertiary/aromatic N) is 4. The molecule has 2 amide bonds. The first-order valence-corrected chi connectivity index (χ1v) is 10.3. The van der Waals surface area contributed by atoms with Crippen molar-refractivity contribution in [2.24, 2.45) is 5.41 Å². The van der Waals surface area contributed by atoms with Crippen LogP contribution in [0.25, 0.3) is 0 Å². The Labute approximate surface area is 181 Å². The third kappa shape index (κ3) is 4.59. The fraction of sp³-hybridized carbons (Fsp3) is 0.524. The number of hydrogen-bond acceptors (Lipinski definition) is 5. The maximum absolute atomic E-state index is 13.2. The van der Waals surface area contributed by atoms with Gasteiger partial charge in [-0.15, -0.1) is 0 Å². The number of aromatic nitrogens is 3. The van der Waals surface area contributed by atoms with Gasteiger partial charge in [0.2, 0.25) is 18.0 Å². The number of rotatable bonds is 7. The van der Waals surface area contributed by atoms with Crippen LogP contribution < -0.4 is 10.1 Å². The van der Waals surface area contributed by atoms with Crippen molar-refractivity contribution in [2.75, 3.05) is 6.54 Å². The molecule has 9 heteroatoms. The van der Waals surface area contributed by atoms with E-state index >= 15 is 0 Å². The van der Waals surface area contributed by atoms with Crippen molar-refractivity contribution in [1.82, 2.24) is 25.0 Å². The van der Waals surface area contributed by atoms with E-state index in [1.807, 2.05) is 20.8 Å². The summed E-state index contributed by atoms with van der Waals surface area (Å²) < 4.78 is 7.82. The first kappa shape index (κ1) is 22.1. The van der Waals surface area contributed by atoms with E-state index in [9.17, 15) is 9.59 Å². The van der Waals surface area contributed by atoms with E-state index in [4.69, 9.17) is 16.3 Å². The minimum Gasteiger partial charge on any atom is -0.466 e. The molecule has 1 aliphatic heterocycles. The average molecular weight is 434 g/mol. The predicted molar refractivity (Wildman–Crippen MR) is 113 cm³/mol. The number of carbonyl (C=O) groups excluding carboxylic acids is 2. The molecule has 1 aliphatic rings. The van der Waals surface area contributed by atoms with Crippen molar-refractivity contribution >= 4 is 23.4 Å². The molecule has 2 atom stereocenters. The van der Waals surface area contributed by atoms with Crippen molar-refractivity contribution in [2.45, 2.75) is 58.8 Å². The number of likely N-dealkylation sites (tertiary alicyclic amines) is 1. The lowest BCUT2D eigenvalue weighted by atomic mass is 9.84. The van der Waals surface area contributed by atoms with Gasteiger partial charge in [-0.25, -0.2) is 9.67 Å². The van der Waals surface area contributed by atoms with Crippen molar-refractivity contribution in [3.63, 3.8) is 0 Å². The Kier molecular flexibility index (Phi) is 6.08. The van der Waals surface area contributed by atoms with Crippen molar-refractivity contribution < 1.29 is 14.3 Å². The first-order valence-electron chi connectivity index (χ1n) is 9.88. The van der Waals surface area contributed by atoms with Crippen LogP contribution in [0.15, 0.2) is 36.9 Å². The van der Waals surface area contributed by atoms with Crippen molar-refractivity contribution in [3.05, 3.63) is 41.9 Å². The van der Waals surface area contributed by atoms with Crippen LogP contribution in [-0.2, 0) is 9.59 Å². The molecule has 1 aromatic heterocycles. The quantitative estimate of drug-likeness (QED) is 0.678. The predicted octanol–water partition coefficient (Wildman–Crippen LogP) is 3.05. The van der Waals surface area contributed by atoms with E-state index in [0.29, 0.717) is 23.7 Å². The zero-order valence-electron chi connectivity index (χ0n) is 17.9. The van der Waals surface area contributed by atoms with E-state index in [0.717, 1.165) is 0 Å². The van der Waals surface area contributed by atoms with Gasteiger partial charge >= 0.3 is 0 Å². The van der Waals surface area contributed by atoms with Crippen LogP contribution in [0, 0.1) is 5.41 Å². The monoisotopic (exact) mass is 433 g/mol. The maximum atomic E-state index is 13.2. The average Bonchev–Trinajstić information content (AvgIpc) is 3.17. The second-order valence-corrected chi connectivity index (χ2v) is 9.45. The Bertz CT molecular complexity index is 890. The maximum Gasteiger partial charge on any atom is 0.245 e. The Morgan fingerprint density at radius 2 is 1.87 bits per heavy atom. The summed E-state index contributed by atoms with van der Waals surface area (Å²) in [6.07, 6.45) is 2.78. The molecular weight excluding hydrogens is 406 g/mol. The van der Waals surface area contributed by atoms with Crippen LogP contribution in [0.4, 0.5) is 0 Å². The highest BCUT2D eigenvalue weighted by atomic mass is 35.5. The Hall–Kier alpha value is -2.61. The summed E-state index contributed by atoms with van der Waals surface area (Å²) in [5.41, 5.74) is -1.36. The minimum absolute atomic E-state index is 0.0206. The van der Waals surface area contributed by atoms with Gasteiger partial charge in [0.1, 0.15) is 23.9 Å². The lowest BCUT2D eigenvalue weighted by molar-refractivity contribution is -0.155. The topological polar surface area (TPSA) is 89.4 Å². The van der Waals surface area contributed by atoms with Gasteiger partial charge < -0.3 is 15.0 Å². The van der Waals surface area contributed by atoms with Gasteiger partial charge in [-0.1, -0.05) is 32.4 Å². The Balaban J connectivity index is 1.90. The molecule has 0 radical (unpaired) electrons. The van der Waals surface area contributed by atoms with Crippen LogP contribution in [0.5, 0.6) is 5.75 Å². The Morgan fingerprint density at radius 1 is 1.20 bits per heavy atom. The smallest absolute Gasteiger partial charge is 0.245 e. The highest BCUT2D eigenvalue weighted by molar-refractivity contribution is 6.30. The number of hydrogen-bond donors (Lipinski definition) is 1. The van der Waals surface area contributed by atoms with E-state index in [1.165, 1.54) is 6.33 Å². The number of benzene rings is 1. The number of amides is 2. The van der Waals surface area contributed by atoms with Gasteiger partial charge in [-0.05, 0) is 43.5 Å². The zero-order valence-corrected chi connectivity index (χ0v) is 18.7. The number of nitrogens with one attached hydrogen (secondary N) is 1. The molecule has 0 unspecified atom stereocenters. The van der Waals surface area contributed by atoms with E-state index in [-0.39, 0.29) is 11.8 Å². The molecule has 0 aliphatic carbocycles. The molecule has 1 fully saturated rings. The zero-order chi connectivity index (χ0) is 22.1. The summed E-state index contributed by atoms with van der Waals surface area (Å²) >= 11 is 5.99. The third-order valence-electron chi connectivity index (χ3n) is 5.35. The van der Waals surface area contributed by atoms with E-state index in [2.05, 4.69) is 15.4 Å². The summed E-state index contributed by atoms with van der Waals surface area (Å²) in [5.74, 6) is 0.313. The molecule has 0 spiro atoms. The largest absolute Gasteiger partial charge is 0.466 e. The highest BCUT2D eigenvalue weighted by Gasteiger charge is 2.45. The minimum atomic E-state index is -0.966. The molecule has 2 heterocycles. The van der Waals surface area contributed by atoms with Crippen LogP contribution in [-0.4, -0.2) is 49.6 Å². The van der Waals surface area contributed by atoms with Crippen LogP contribution in [0.3, 0.4) is 0 Å². The molecule has 3 rings (SSSR count). The number of ether oxygens (including phenoxy) is 1. The number of β-lactam (4-membered cyclic amide) rings is 1. The fourth-order valence-electron chi connectivity index (χ4n) is 3.34. The summed E-state index contributed by atoms with van der Waals surface area (Å²) in [6, 6.07) is 6.52. The van der Waals surface area contributed by atoms with Gasteiger partial charge in [0, 0.05) is 18.0 Å². The van der Waals surface area contributed by atoms with Gasteiger partial charge in [-0.3, -0.25) is 9.59 Å². The molecule has 1 N–H and O–H groups in total. The molecule has 162 valence electrons. The summed E-state index contributed by atoms with van der Waals surface area (Å²) in [6.45, 7) is 10.1. The molecule has 30 heavy (non-hydrogen) atoms. The first-order chi connectivity index (χ1) is 14.0. The van der Waals surface area contributed by atoms with E-state index in [1.54, 1.807) is 54.0 Å². The van der Waals surface area contributed by atoms with Gasteiger partial charge in [0.05, 0.1) is 6.04 Å². The lowest BCUT2D eigenvalue weighted by Crippen LogP contribution is -2.65. The number of carbonyl (C=O) groups is 2. The highest BCUT2D eigenvalue weighted by Crippen LogP contribution is 2.32. The molecule has 1 aromatic carbocycles. The fourth-order valence-corrected chi connectivity index (χ4v) is 3.46. The summed E-state index contributed by atoms with van der Waals surface area (Å²) in [7, 11) is 0. The standard InChI is InChI=1S/C21H28ClN5O3/c1-20(2,3)17(25-19(29)21(4,5)26-11-10-16(26)28)18(27-13-23-12-24-27)30-15-8-6-14(22)7-9-15/h6-9,12-13,17-18H,10-11H2,1-5H3,(H,25,29)/t17-,18-/m1/s1. The molecule has 2 aromatic rings. The van der Waals surface area contributed by atoms with Crippen LogP contribution >= 0.6 is 11.6 Å². The van der Waals surface area contributed by atoms with Gasteiger partial charge in [-0.2, -0.15) is 5.10 Å². The second kappa shape index (κ2) is 8.26. The molecule has 0 saturated carbocycles. The van der Waals surface area contributed by atoms with Crippen LogP contribution in [0.1, 0.15) is 47.3 Å². The second-order valence-electron chi connectivity index (χ2n) is 9.01. The normalized spacial score (nSPS) is 16.6. The molecule has 8 nitrogen and oxygen atoms in total. The molecule has 0 bridgehead atoms. The number of halogens is 1. The van der Waals surface area contributed by atoms with Crippen molar-refractivity contribution in [3.8, 4) is 5.75 Å². The van der Waals surface area contributed by atoms with Gasteiger partial charge in [0.25, 0.3) is 0 Å². The summed E-state index contributed by atoms with van der Waals surface area (Å²) in [4.78, 5) is 30.8. The third-order valence-corrected chi connectivity index (χ3v) is 5.61. The van der Waals surface area contributed by atoms with Crippen LogP contribution in [0.2, 0.25) is 5.02 Å².